The summed E-state index contributed by atoms with van der Waals surface area (Å²) in [5, 5.41) is 0. The molecule has 0 unspecified atom stereocenters. The molecule has 0 radical (unpaired) electrons. The third-order valence-corrected chi connectivity index (χ3v) is 3.38. The van der Waals surface area contributed by atoms with Gasteiger partial charge in [-0.3, -0.25) is 9.59 Å². The third kappa shape index (κ3) is 2.12. The van der Waals surface area contributed by atoms with Crippen molar-refractivity contribution in [1.82, 2.24) is 0 Å². The van der Waals surface area contributed by atoms with Gasteiger partial charge in [0.2, 0.25) is 0 Å². The molecule has 0 saturated carbocycles. The Kier molecular flexibility index (Phi) is 3.01. The number of thiophene rings is 1. The molecular formula is C12H10O3S. The number of Topliss-reactive ketones (excluding diaryl/α,β-unsaturated/α-hetero) is 1. The summed E-state index contributed by atoms with van der Waals surface area (Å²) in [5.41, 5.74) is 0.591. The van der Waals surface area contributed by atoms with Gasteiger partial charge < -0.3 is 4.42 Å². The van der Waals surface area contributed by atoms with Crippen molar-refractivity contribution in [1.29, 1.82) is 0 Å². The van der Waals surface area contributed by atoms with Crippen LogP contribution >= 0.6 is 11.3 Å². The first-order chi connectivity index (χ1) is 7.70. The normalized spacial score (nSPS) is 10.3. The molecule has 0 N–H and O–H groups in total. The molecule has 0 aliphatic heterocycles. The molecule has 2 aromatic rings. The van der Waals surface area contributed by atoms with Crippen LogP contribution in [0.4, 0.5) is 0 Å². The van der Waals surface area contributed by atoms with E-state index in [9.17, 15) is 9.59 Å². The molecule has 0 aliphatic rings. The van der Waals surface area contributed by atoms with Gasteiger partial charge in [-0.2, -0.15) is 0 Å². The molecule has 2 heterocycles. The van der Waals surface area contributed by atoms with Gasteiger partial charge in [0.25, 0.3) is 0 Å². The van der Waals surface area contributed by atoms with Gasteiger partial charge in [0.05, 0.1) is 17.6 Å². The quantitative estimate of drug-likeness (QED) is 0.603. The highest BCUT2D eigenvalue weighted by Gasteiger charge is 2.13. The van der Waals surface area contributed by atoms with Crippen LogP contribution in [0, 0.1) is 6.92 Å². The molecule has 0 spiro atoms. The van der Waals surface area contributed by atoms with Gasteiger partial charge in [-0.15, -0.1) is 11.3 Å². The first-order valence-corrected chi connectivity index (χ1v) is 5.63. The molecule has 0 aromatic carbocycles. The summed E-state index contributed by atoms with van der Waals surface area (Å²) < 4.78 is 5.10. The van der Waals surface area contributed by atoms with Crippen molar-refractivity contribution in [3.8, 4) is 0 Å². The fourth-order valence-electron chi connectivity index (χ4n) is 1.41. The molecule has 0 saturated heterocycles. The number of furan rings is 1. The Balaban J connectivity index is 2.18. The number of aldehydes is 1. The number of carbonyl (C=O) groups excluding carboxylic acids is 2. The van der Waals surface area contributed by atoms with E-state index in [1.54, 1.807) is 24.5 Å². The summed E-state index contributed by atoms with van der Waals surface area (Å²) in [6.07, 6.45) is 2.56. The predicted octanol–water partition coefficient (Wildman–Crippen LogP) is 2.89. The number of rotatable bonds is 4. The Morgan fingerprint density at radius 3 is 2.94 bits per heavy atom. The summed E-state index contributed by atoms with van der Waals surface area (Å²) in [5.74, 6) is 0.625. The molecule has 82 valence electrons. The summed E-state index contributed by atoms with van der Waals surface area (Å²) in [6.45, 7) is 1.83. The second-order valence-corrected chi connectivity index (χ2v) is 4.68. The maximum Gasteiger partial charge on any atom is 0.180 e. The second-order valence-electron chi connectivity index (χ2n) is 3.42. The van der Waals surface area contributed by atoms with Gasteiger partial charge in [-0.05, 0) is 25.1 Å². The molecule has 2 rings (SSSR count). The van der Waals surface area contributed by atoms with Gasteiger partial charge in [0, 0.05) is 10.4 Å². The van der Waals surface area contributed by atoms with Crippen LogP contribution < -0.4 is 0 Å². The highest BCUT2D eigenvalue weighted by Crippen LogP contribution is 2.21. The number of hydrogen-bond donors (Lipinski definition) is 0. The molecule has 0 amide bonds. The third-order valence-electron chi connectivity index (χ3n) is 2.27. The minimum absolute atomic E-state index is 0.0175. The van der Waals surface area contributed by atoms with E-state index in [4.69, 9.17) is 4.42 Å². The van der Waals surface area contributed by atoms with Crippen LogP contribution in [0.3, 0.4) is 0 Å². The van der Waals surface area contributed by atoms with Gasteiger partial charge in [0.1, 0.15) is 5.76 Å². The van der Waals surface area contributed by atoms with Gasteiger partial charge in [-0.1, -0.05) is 0 Å². The average molecular weight is 234 g/mol. The fraction of sp³-hybridized carbons (Fsp3) is 0.167. The number of aryl methyl sites for hydroxylation is 1. The molecule has 0 aliphatic carbocycles. The molecule has 3 nitrogen and oxygen atoms in total. The van der Waals surface area contributed by atoms with E-state index in [0.29, 0.717) is 16.2 Å². The molecular weight excluding hydrogens is 224 g/mol. The first-order valence-electron chi connectivity index (χ1n) is 4.82. The van der Waals surface area contributed by atoms with Crippen molar-refractivity contribution < 1.29 is 14.0 Å². The van der Waals surface area contributed by atoms with E-state index in [1.165, 1.54) is 11.3 Å². The van der Waals surface area contributed by atoms with Crippen LogP contribution in [0.25, 0.3) is 0 Å². The van der Waals surface area contributed by atoms with Crippen LogP contribution in [-0.2, 0) is 6.42 Å². The Labute approximate surface area is 96.7 Å². The zero-order valence-corrected chi connectivity index (χ0v) is 9.54. The van der Waals surface area contributed by atoms with Crippen LogP contribution in [-0.4, -0.2) is 12.1 Å². The largest absolute Gasteiger partial charge is 0.469 e. The lowest BCUT2D eigenvalue weighted by Crippen LogP contribution is -1.99. The van der Waals surface area contributed by atoms with E-state index in [0.717, 1.165) is 11.2 Å². The number of carbonyl (C=O) groups is 2. The van der Waals surface area contributed by atoms with Crippen LogP contribution in [0.15, 0.2) is 28.9 Å². The highest BCUT2D eigenvalue weighted by atomic mass is 32.1. The summed E-state index contributed by atoms with van der Waals surface area (Å²) >= 11 is 1.35. The van der Waals surface area contributed by atoms with Gasteiger partial charge in [0.15, 0.2) is 12.1 Å². The zero-order valence-electron chi connectivity index (χ0n) is 8.73. The van der Waals surface area contributed by atoms with Crippen LogP contribution in [0.1, 0.15) is 30.7 Å². The van der Waals surface area contributed by atoms with E-state index in [-0.39, 0.29) is 12.2 Å². The van der Waals surface area contributed by atoms with Gasteiger partial charge in [-0.25, -0.2) is 0 Å². The van der Waals surface area contributed by atoms with E-state index in [1.807, 2.05) is 6.92 Å². The minimum Gasteiger partial charge on any atom is -0.469 e. The second kappa shape index (κ2) is 4.45. The van der Waals surface area contributed by atoms with E-state index in [2.05, 4.69) is 0 Å². The lowest BCUT2D eigenvalue weighted by molar-refractivity contribution is 0.0991. The molecule has 16 heavy (non-hydrogen) atoms. The van der Waals surface area contributed by atoms with E-state index < -0.39 is 0 Å². The molecule has 4 heteroatoms. The summed E-state index contributed by atoms with van der Waals surface area (Å²) in [4.78, 5) is 24.0. The lowest BCUT2D eigenvalue weighted by atomic mass is 10.2. The van der Waals surface area contributed by atoms with Crippen molar-refractivity contribution in [2.75, 3.05) is 0 Å². The Bertz CT molecular complexity index is 508. The fourth-order valence-corrected chi connectivity index (χ4v) is 2.34. The van der Waals surface area contributed by atoms with Crippen molar-refractivity contribution in [2.24, 2.45) is 0 Å². The Hall–Kier alpha value is -1.68. The van der Waals surface area contributed by atoms with Crippen molar-refractivity contribution in [2.45, 2.75) is 13.3 Å². The summed E-state index contributed by atoms with van der Waals surface area (Å²) in [6, 6.07) is 5.15. The van der Waals surface area contributed by atoms with E-state index >= 15 is 0 Å². The Morgan fingerprint density at radius 1 is 1.56 bits per heavy atom. The summed E-state index contributed by atoms with van der Waals surface area (Å²) in [7, 11) is 0. The van der Waals surface area contributed by atoms with Crippen molar-refractivity contribution in [3.63, 3.8) is 0 Å². The minimum atomic E-state index is -0.0175. The molecule has 0 atom stereocenters. The molecule has 0 fully saturated rings. The lowest BCUT2D eigenvalue weighted by Gasteiger charge is -1.93. The van der Waals surface area contributed by atoms with Gasteiger partial charge >= 0.3 is 0 Å². The SMILES string of the molecule is Cc1sc(C(=O)Cc2ccco2)cc1C=O. The van der Waals surface area contributed by atoms with Crippen LogP contribution in [0.5, 0.6) is 0 Å². The monoisotopic (exact) mass is 234 g/mol. The number of hydrogen-bond acceptors (Lipinski definition) is 4. The predicted molar refractivity (Wildman–Crippen MR) is 61.2 cm³/mol. The smallest absolute Gasteiger partial charge is 0.180 e. The van der Waals surface area contributed by atoms with Crippen LogP contribution in [0.2, 0.25) is 0 Å². The molecule has 0 bridgehead atoms. The van der Waals surface area contributed by atoms with Crippen molar-refractivity contribution in [3.05, 3.63) is 45.5 Å². The number of ketones is 1. The Morgan fingerprint density at radius 2 is 2.38 bits per heavy atom. The zero-order chi connectivity index (χ0) is 11.5. The maximum atomic E-state index is 11.8. The maximum absolute atomic E-state index is 11.8. The van der Waals surface area contributed by atoms with Crippen molar-refractivity contribution >= 4 is 23.4 Å². The molecule has 2 aromatic heterocycles. The average Bonchev–Trinajstić information content (AvgIpc) is 2.87. The standard InChI is InChI=1S/C12H10O3S/c1-8-9(7-13)5-12(16-8)11(14)6-10-3-2-4-15-10/h2-5,7H,6H2,1H3. The topological polar surface area (TPSA) is 47.3 Å². The first kappa shape index (κ1) is 10.8. The highest BCUT2D eigenvalue weighted by molar-refractivity contribution is 7.14.